The van der Waals surface area contributed by atoms with E-state index in [1.807, 2.05) is 0 Å². The van der Waals surface area contributed by atoms with Crippen molar-refractivity contribution in [2.45, 2.75) is 0 Å². The topological polar surface area (TPSA) is 136 Å². The Hall–Kier alpha value is -2.82. The molecule has 0 saturated heterocycles. The second-order valence-electron chi connectivity index (χ2n) is 4.95. The highest BCUT2D eigenvalue weighted by Gasteiger charge is 2.23. The summed E-state index contributed by atoms with van der Waals surface area (Å²) in [7, 11) is 0. The van der Waals surface area contributed by atoms with Crippen molar-refractivity contribution in [3.63, 3.8) is 0 Å². The maximum absolute atomic E-state index is 11.2. The van der Waals surface area contributed by atoms with Gasteiger partial charge in [-0.2, -0.15) is 5.10 Å². The maximum Gasteiger partial charge on any atom is 0.356 e. The Morgan fingerprint density at radius 3 is 2.59 bits per heavy atom. The van der Waals surface area contributed by atoms with E-state index in [-0.39, 0.29) is 44.7 Å². The molecule has 0 radical (unpaired) electrons. The summed E-state index contributed by atoms with van der Waals surface area (Å²) in [6, 6.07) is 2.58. The van der Waals surface area contributed by atoms with Gasteiger partial charge in [-0.3, -0.25) is 15.5 Å². The number of hydrogen-bond donors (Lipinski definition) is 2. The van der Waals surface area contributed by atoms with E-state index in [0.29, 0.717) is 5.75 Å². The maximum atomic E-state index is 11.2. The first kappa shape index (κ1) is 19.0. The van der Waals surface area contributed by atoms with Gasteiger partial charge in [-0.15, -0.1) is 0 Å². The Morgan fingerprint density at radius 1 is 1.30 bits per heavy atom. The van der Waals surface area contributed by atoms with Crippen LogP contribution in [0.1, 0.15) is 16.1 Å². The zero-order valence-electron chi connectivity index (χ0n) is 12.9. The Morgan fingerprint density at radius 2 is 1.96 bits per heavy atom. The fourth-order valence-corrected chi connectivity index (χ4v) is 2.80. The van der Waals surface area contributed by atoms with Crippen LogP contribution in [0, 0.1) is 10.1 Å². The number of anilines is 1. The minimum absolute atomic E-state index is 0.0516. The van der Waals surface area contributed by atoms with Gasteiger partial charge in [0.05, 0.1) is 28.5 Å². The lowest BCUT2D eigenvalue weighted by atomic mass is 10.1. The number of carboxylic acids is 1. The van der Waals surface area contributed by atoms with Crippen LogP contribution in [0.5, 0.6) is 11.5 Å². The van der Waals surface area contributed by atoms with Gasteiger partial charge in [-0.1, -0.05) is 34.8 Å². The number of carboxylic acid groups (broad SMARTS) is 1. The number of hydrogen-bond acceptors (Lipinski definition) is 8. The van der Waals surface area contributed by atoms with Crippen molar-refractivity contribution >= 4 is 58.4 Å². The zero-order chi connectivity index (χ0) is 19.7. The average molecular weight is 434 g/mol. The number of pyridine rings is 1. The summed E-state index contributed by atoms with van der Waals surface area (Å²) in [5.74, 6) is -0.861. The second-order valence-corrected chi connectivity index (χ2v) is 6.06. The van der Waals surface area contributed by atoms with Gasteiger partial charge < -0.3 is 14.6 Å². The number of hydrazone groups is 1. The number of nitrogens with zero attached hydrogens (tertiary/aromatic N) is 3. The summed E-state index contributed by atoms with van der Waals surface area (Å²) in [5, 5.41) is 23.3. The number of ether oxygens (including phenoxy) is 2. The molecule has 3 rings (SSSR count). The molecule has 1 aromatic heterocycles. The number of aromatic nitrogens is 1. The third-order valence-electron chi connectivity index (χ3n) is 3.34. The predicted octanol–water partition coefficient (Wildman–Crippen LogP) is 3.82. The molecule has 10 nitrogen and oxygen atoms in total. The largest absolute Gasteiger partial charge is 0.476 e. The fourth-order valence-electron chi connectivity index (χ4n) is 2.13. The van der Waals surface area contributed by atoms with Gasteiger partial charge in [0.25, 0.3) is 5.69 Å². The summed E-state index contributed by atoms with van der Waals surface area (Å²) < 4.78 is 10.3. The quantitative estimate of drug-likeness (QED) is 0.314. The lowest BCUT2D eigenvalue weighted by Crippen LogP contribution is -2.05. The van der Waals surface area contributed by atoms with Crippen LogP contribution in [-0.4, -0.2) is 34.0 Å². The first-order chi connectivity index (χ1) is 12.8. The Bertz CT molecular complexity index is 998. The standard InChI is InChI=1S/C14H7Cl3N4O6/c15-9-11(10(16)13(17)19-12(9)14(22)23)20-18-3-5-1-7-8(27-4-26-7)2-6(5)21(24)25/h1-3H,4H2,(H,19,20)(H,22,23)/b18-3-. The molecular formula is C14H7Cl3N4O6. The molecule has 0 amide bonds. The van der Waals surface area contributed by atoms with Crippen LogP contribution in [-0.2, 0) is 0 Å². The number of carbonyl (C=O) groups is 1. The zero-order valence-corrected chi connectivity index (χ0v) is 15.2. The molecule has 2 heterocycles. The molecule has 13 heteroatoms. The number of aromatic carboxylic acids is 1. The monoisotopic (exact) mass is 432 g/mol. The second kappa shape index (κ2) is 7.43. The van der Waals surface area contributed by atoms with E-state index in [0.717, 1.165) is 6.21 Å². The van der Waals surface area contributed by atoms with E-state index in [2.05, 4.69) is 15.5 Å². The minimum Gasteiger partial charge on any atom is -0.476 e. The highest BCUT2D eigenvalue weighted by atomic mass is 35.5. The highest BCUT2D eigenvalue weighted by Crippen LogP contribution is 2.38. The number of benzene rings is 1. The van der Waals surface area contributed by atoms with Crippen LogP contribution in [0.25, 0.3) is 0 Å². The first-order valence-corrected chi connectivity index (χ1v) is 8.08. The summed E-state index contributed by atoms with van der Waals surface area (Å²) in [6.07, 6.45) is 1.11. The molecule has 0 saturated carbocycles. The molecule has 0 bridgehead atoms. The number of rotatable bonds is 5. The van der Waals surface area contributed by atoms with Gasteiger partial charge in [-0.25, -0.2) is 9.78 Å². The Kier molecular flexibility index (Phi) is 5.22. The molecule has 0 atom stereocenters. The molecule has 0 aliphatic carbocycles. The molecule has 0 spiro atoms. The molecule has 27 heavy (non-hydrogen) atoms. The number of fused-ring (bicyclic) bond motifs is 1. The van der Waals surface area contributed by atoms with Crippen molar-refractivity contribution in [2.24, 2.45) is 5.10 Å². The minimum atomic E-state index is -1.42. The van der Waals surface area contributed by atoms with Gasteiger partial charge in [0.2, 0.25) is 6.79 Å². The molecule has 0 fully saturated rings. The smallest absolute Gasteiger partial charge is 0.356 e. The molecule has 0 unspecified atom stereocenters. The van der Waals surface area contributed by atoms with E-state index >= 15 is 0 Å². The van der Waals surface area contributed by atoms with Crippen LogP contribution in [0.3, 0.4) is 0 Å². The van der Waals surface area contributed by atoms with Crippen LogP contribution < -0.4 is 14.9 Å². The lowest BCUT2D eigenvalue weighted by molar-refractivity contribution is -0.385. The van der Waals surface area contributed by atoms with Crippen LogP contribution in [0.2, 0.25) is 15.2 Å². The summed E-state index contributed by atoms with van der Waals surface area (Å²) >= 11 is 17.7. The Labute approximate surface area is 165 Å². The van der Waals surface area contributed by atoms with Crippen LogP contribution >= 0.6 is 34.8 Å². The van der Waals surface area contributed by atoms with Crippen LogP contribution in [0.4, 0.5) is 11.4 Å². The van der Waals surface area contributed by atoms with Gasteiger partial charge in [-0.05, 0) is 6.07 Å². The summed E-state index contributed by atoms with van der Waals surface area (Å²) in [4.78, 5) is 25.3. The first-order valence-electron chi connectivity index (χ1n) is 6.94. The summed E-state index contributed by atoms with van der Waals surface area (Å²) in [6.45, 7) is -0.0516. The van der Waals surface area contributed by atoms with Crippen molar-refractivity contribution in [3.8, 4) is 11.5 Å². The van der Waals surface area contributed by atoms with E-state index < -0.39 is 16.6 Å². The number of nitrogens with one attached hydrogen (secondary N) is 1. The van der Waals surface area contributed by atoms with Crippen molar-refractivity contribution in [1.82, 2.24) is 4.98 Å². The van der Waals surface area contributed by atoms with Crippen molar-refractivity contribution < 1.29 is 24.3 Å². The molecule has 2 N–H and O–H groups in total. The van der Waals surface area contributed by atoms with Gasteiger partial charge in [0.1, 0.15) is 10.0 Å². The van der Waals surface area contributed by atoms with Crippen molar-refractivity contribution in [2.75, 3.05) is 12.2 Å². The molecule has 2 aromatic rings. The van der Waals surface area contributed by atoms with Gasteiger partial charge in [0, 0.05) is 0 Å². The number of nitro groups is 1. The fraction of sp³-hybridized carbons (Fsp3) is 0.0714. The van der Waals surface area contributed by atoms with Crippen LogP contribution in [0.15, 0.2) is 17.2 Å². The lowest BCUT2D eigenvalue weighted by Gasteiger charge is -2.09. The molecule has 140 valence electrons. The number of nitro benzene ring substituents is 1. The molecule has 1 aliphatic rings. The third-order valence-corrected chi connectivity index (χ3v) is 4.45. The highest BCUT2D eigenvalue weighted by molar-refractivity contribution is 6.46. The molecular weight excluding hydrogens is 427 g/mol. The average Bonchev–Trinajstić information content (AvgIpc) is 3.07. The van der Waals surface area contributed by atoms with E-state index in [9.17, 15) is 14.9 Å². The predicted molar refractivity (Wildman–Crippen MR) is 96.7 cm³/mol. The van der Waals surface area contributed by atoms with E-state index in [1.165, 1.54) is 12.1 Å². The number of halogens is 3. The summed E-state index contributed by atoms with van der Waals surface area (Å²) in [5.41, 5.74) is 1.60. The van der Waals surface area contributed by atoms with Crippen molar-refractivity contribution in [1.29, 1.82) is 0 Å². The Balaban J connectivity index is 1.95. The normalized spacial score (nSPS) is 12.4. The third kappa shape index (κ3) is 3.68. The SMILES string of the molecule is O=C(O)c1nc(Cl)c(Cl)c(N/N=C\c2cc3c(cc2[N+](=O)[O-])OCO3)c1Cl. The van der Waals surface area contributed by atoms with Crippen molar-refractivity contribution in [3.05, 3.63) is 48.7 Å². The van der Waals surface area contributed by atoms with Gasteiger partial charge >= 0.3 is 5.97 Å². The molecule has 1 aliphatic heterocycles. The van der Waals surface area contributed by atoms with Gasteiger partial charge in [0.15, 0.2) is 22.3 Å². The van der Waals surface area contributed by atoms with E-state index in [1.54, 1.807) is 0 Å². The molecule has 1 aromatic carbocycles. The van der Waals surface area contributed by atoms with E-state index in [4.69, 9.17) is 49.4 Å².